The normalized spacial score (nSPS) is 16.8. The van der Waals surface area contributed by atoms with Crippen molar-refractivity contribution in [2.75, 3.05) is 5.32 Å². The van der Waals surface area contributed by atoms with Gasteiger partial charge in [-0.05, 0) is 30.7 Å². The summed E-state index contributed by atoms with van der Waals surface area (Å²) in [4.78, 5) is 0. The van der Waals surface area contributed by atoms with Crippen LogP contribution in [-0.4, -0.2) is 0 Å². The molecule has 1 heterocycles. The van der Waals surface area contributed by atoms with E-state index >= 15 is 0 Å². The van der Waals surface area contributed by atoms with Crippen LogP contribution in [0.5, 0.6) is 11.5 Å². The van der Waals surface area contributed by atoms with Crippen molar-refractivity contribution in [2.45, 2.75) is 18.9 Å². The first-order valence-electron chi connectivity index (χ1n) is 6.15. The number of nitrogens with one attached hydrogen (secondary N) is 1. The molecular weight excluding hydrogens is 284 g/mol. The van der Waals surface area contributed by atoms with Crippen LogP contribution in [0.15, 0.2) is 36.4 Å². The Bertz CT molecular complexity index is 660. The van der Waals surface area contributed by atoms with Gasteiger partial charge in [0.05, 0.1) is 5.69 Å². The molecule has 0 radical (unpaired) electrons. The Hall–Kier alpha value is -1.81. The maximum atomic E-state index is 12.8. The molecule has 0 saturated heterocycles. The van der Waals surface area contributed by atoms with Gasteiger partial charge in [0.25, 0.3) is 6.43 Å². The fourth-order valence-corrected chi connectivity index (χ4v) is 2.45. The Morgan fingerprint density at radius 1 is 1.15 bits per heavy atom. The van der Waals surface area contributed by atoms with Gasteiger partial charge < -0.3 is 10.1 Å². The number of hydrogen-bond donors (Lipinski definition) is 1. The molecule has 104 valence electrons. The van der Waals surface area contributed by atoms with E-state index in [-0.39, 0.29) is 5.56 Å². The Kier molecular flexibility index (Phi) is 3.26. The number of fused-ring (bicyclic) bond motifs is 2. The van der Waals surface area contributed by atoms with E-state index in [1.165, 1.54) is 12.1 Å². The molecule has 3 rings (SSSR count). The summed E-state index contributed by atoms with van der Waals surface area (Å²) in [5, 5.41) is 3.11. The van der Waals surface area contributed by atoms with Crippen molar-refractivity contribution in [3.05, 3.63) is 53.1 Å². The van der Waals surface area contributed by atoms with Crippen molar-refractivity contribution in [1.82, 2.24) is 0 Å². The molecule has 0 spiro atoms. The molecule has 1 aliphatic rings. The summed E-state index contributed by atoms with van der Waals surface area (Å²) in [7, 11) is 0. The van der Waals surface area contributed by atoms with Crippen LogP contribution in [0, 0.1) is 6.92 Å². The number of ether oxygens (including phenoxy) is 1. The number of benzene rings is 2. The predicted octanol–water partition coefficient (Wildman–Crippen LogP) is 5.39. The lowest BCUT2D eigenvalue weighted by Gasteiger charge is -2.12. The van der Waals surface area contributed by atoms with Crippen LogP contribution in [0.1, 0.15) is 28.6 Å². The topological polar surface area (TPSA) is 21.3 Å². The van der Waals surface area contributed by atoms with E-state index in [2.05, 4.69) is 5.32 Å². The highest BCUT2D eigenvalue weighted by Gasteiger charge is 2.22. The number of hydrogen-bond acceptors (Lipinski definition) is 2. The van der Waals surface area contributed by atoms with Gasteiger partial charge in [0, 0.05) is 11.1 Å². The fourth-order valence-electron chi connectivity index (χ4n) is 2.15. The summed E-state index contributed by atoms with van der Waals surface area (Å²) in [6.45, 7) is 1.93. The van der Waals surface area contributed by atoms with Gasteiger partial charge in [0.1, 0.15) is 11.3 Å². The van der Waals surface area contributed by atoms with Gasteiger partial charge in [0.2, 0.25) is 0 Å². The third-order valence-electron chi connectivity index (χ3n) is 3.20. The molecule has 0 amide bonds. The molecule has 0 saturated carbocycles. The average molecular weight is 296 g/mol. The van der Waals surface area contributed by atoms with E-state index in [4.69, 9.17) is 16.3 Å². The first kappa shape index (κ1) is 13.2. The molecule has 20 heavy (non-hydrogen) atoms. The molecule has 0 bridgehead atoms. The van der Waals surface area contributed by atoms with Crippen molar-refractivity contribution in [3.63, 3.8) is 0 Å². The zero-order valence-electron chi connectivity index (χ0n) is 10.7. The molecule has 0 fully saturated rings. The SMILES string of the molecule is Cc1ccc2c(c1)Oc1cc(C(F)F)ccc1C(Cl)N2. The molecular formula is C15H12ClF2NO. The van der Waals surface area contributed by atoms with Crippen LogP contribution < -0.4 is 10.1 Å². The zero-order valence-corrected chi connectivity index (χ0v) is 11.4. The van der Waals surface area contributed by atoms with Crippen LogP contribution in [0.3, 0.4) is 0 Å². The van der Waals surface area contributed by atoms with E-state index in [0.29, 0.717) is 17.1 Å². The van der Waals surface area contributed by atoms with Crippen LogP contribution in [-0.2, 0) is 0 Å². The van der Waals surface area contributed by atoms with E-state index in [9.17, 15) is 8.78 Å². The van der Waals surface area contributed by atoms with Gasteiger partial charge in [0.15, 0.2) is 5.75 Å². The Labute approximate surface area is 120 Å². The van der Waals surface area contributed by atoms with Gasteiger partial charge >= 0.3 is 0 Å². The fraction of sp³-hybridized carbons (Fsp3) is 0.200. The summed E-state index contributed by atoms with van der Waals surface area (Å²) in [6.07, 6.45) is -2.54. The van der Waals surface area contributed by atoms with Gasteiger partial charge in [-0.2, -0.15) is 0 Å². The number of anilines is 1. The average Bonchev–Trinajstić information content (AvgIpc) is 2.54. The maximum Gasteiger partial charge on any atom is 0.263 e. The lowest BCUT2D eigenvalue weighted by molar-refractivity contribution is 0.151. The summed E-state index contributed by atoms with van der Waals surface area (Å²) in [5.41, 5.74) is 1.80. The Morgan fingerprint density at radius 3 is 2.70 bits per heavy atom. The molecule has 1 atom stereocenters. The molecule has 1 N–H and O–H groups in total. The molecule has 0 aromatic heterocycles. The Balaban J connectivity index is 2.11. The van der Waals surface area contributed by atoms with Gasteiger partial charge in [-0.25, -0.2) is 8.78 Å². The van der Waals surface area contributed by atoms with Crippen LogP contribution >= 0.6 is 11.6 Å². The number of halogens is 3. The monoisotopic (exact) mass is 295 g/mol. The van der Waals surface area contributed by atoms with Gasteiger partial charge in [-0.15, -0.1) is 0 Å². The zero-order chi connectivity index (χ0) is 14.3. The minimum Gasteiger partial charge on any atom is -0.455 e. The van der Waals surface area contributed by atoms with Gasteiger partial charge in [-0.1, -0.05) is 29.8 Å². The predicted molar refractivity (Wildman–Crippen MR) is 74.9 cm³/mol. The van der Waals surface area contributed by atoms with E-state index in [1.54, 1.807) is 6.07 Å². The first-order valence-corrected chi connectivity index (χ1v) is 6.59. The number of rotatable bonds is 1. The molecule has 1 aliphatic heterocycles. The second-order valence-electron chi connectivity index (χ2n) is 4.71. The van der Waals surface area contributed by atoms with E-state index < -0.39 is 11.9 Å². The summed E-state index contributed by atoms with van der Waals surface area (Å²) in [5.74, 6) is 0.945. The maximum absolute atomic E-state index is 12.8. The second-order valence-corrected chi connectivity index (χ2v) is 5.14. The van der Waals surface area contributed by atoms with Crippen LogP contribution in [0.25, 0.3) is 0 Å². The largest absolute Gasteiger partial charge is 0.455 e. The number of aryl methyl sites for hydroxylation is 1. The smallest absolute Gasteiger partial charge is 0.263 e. The minimum absolute atomic E-state index is 0.0799. The number of alkyl halides is 3. The summed E-state index contributed by atoms with van der Waals surface area (Å²) >= 11 is 6.27. The highest BCUT2D eigenvalue weighted by Crippen LogP contribution is 2.43. The van der Waals surface area contributed by atoms with Crippen molar-refractivity contribution < 1.29 is 13.5 Å². The van der Waals surface area contributed by atoms with Crippen molar-refractivity contribution >= 4 is 17.3 Å². The molecule has 1 unspecified atom stereocenters. The third kappa shape index (κ3) is 2.31. The summed E-state index contributed by atoms with van der Waals surface area (Å²) in [6, 6.07) is 9.91. The molecule has 2 aromatic rings. The third-order valence-corrected chi connectivity index (χ3v) is 3.55. The standard InChI is InChI=1S/C15H12ClF2NO/c1-8-2-5-11-13(6-8)20-12-7-9(15(17)18)3-4-10(12)14(16)19-11/h2-7,14-15,19H,1H3. The first-order chi connectivity index (χ1) is 9.54. The van der Waals surface area contributed by atoms with Crippen LogP contribution in [0.2, 0.25) is 0 Å². The molecule has 2 nitrogen and oxygen atoms in total. The molecule has 2 aromatic carbocycles. The lowest BCUT2D eigenvalue weighted by atomic mass is 10.1. The van der Waals surface area contributed by atoms with E-state index in [0.717, 1.165) is 11.3 Å². The highest BCUT2D eigenvalue weighted by atomic mass is 35.5. The minimum atomic E-state index is -2.54. The quantitative estimate of drug-likeness (QED) is 0.563. The Morgan fingerprint density at radius 2 is 1.95 bits per heavy atom. The van der Waals surface area contributed by atoms with Gasteiger partial charge in [-0.3, -0.25) is 0 Å². The van der Waals surface area contributed by atoms with E-state index in [1.807, 2.05) is 25.1 Å². The van der Waals surface area contributed by atoms with Crippen molar-refractivity contribution in [3.8, 4) is 11.5 Å². The van der Waals surface area contributed by atoms with Crippen molar-refractivity contribution in [1.29, 1.82) is 0 Å². The van der Waals surface area contributed by atoms with Crippen LogP contribution in [0.4, 0.5) is 14.5 Å². The molecule has 0 aliphatic carbocycles. The highest BCUT2D eigenvalue weighted by molar-refractivity contribution is 6.22. The second kappa shape index (κ2) is 4.94. The summed E-state index contributed by atoms with van der Waals surface area (Å²) < 4.78 is 31.3. The molecule has 5 heteroatoms. The lowest BCUT2D eigenvalue weighted by Crippen LogP contribution is -2.02. The van der Waals surface area contributed by atoms with Crippen molar-refractivity contribution in [2.24, 2.45) is 0 Å².